The van der Waals surface area contributed by atoms with Gasteiger partial charge in [0.15, 0.2) is 4.77 Å². The van der Waals surface area contributed by atoms with Gasteiger partial charge in [-0.05, 0) is 42.0 Å². The first kappa shape index (κ1) is 13.4. The topological polar surface area (TPSA) is 78.1 Å². The maximum absolute atomic E-state index is 10.9. The van der Waals surface area contributed by atoms with Crippen molar-refractivity contribution in [3.63, 3.8) is 0 Å². The van der Waals surface area contributed by atoms with E-state index >= 15 is 0 Å². The highest BCUT2D eigenvalue weighted by Crippen LogP contribution is 2.19. The fourth-order valence-corrected chi connectivity index (χ4v) is 2.28. The van der Waals surface area contributed by atoms with Crippen molar-refractivity contribution in [3.8, 4) is 5.75 Å². The standard InChI is InChI=1S/C15H12N2O3S/c18-14(19)10-3-1-2-9(6-10)8-20-11-4-5-12-13(7-11)17-15(21)16-12/h1-7H,8H2,(H,18,19)(H2,16,17,21). The summed E-state index contributed by atoms with van der Waals surface area (Å²) in [4.78, 5) is 17.0. The molecule has 0 aliphatic heterocycles. The van der Waals surface area contributed by atoms with Crippen LogP contribution in [0.1, 0.15) is 15.9 Å². The van der Waals surface area contributed by atoms with Gasteiger partial charge in [0.25, 0.3) is 0 Å². The Balaban J connectivity index is 1.78. The molecular weight excluding hydrogens is 288 g/mol. The lowest BCUT2D eigenvalue weighted by Gasteiger charge is -2.07. The third kappa shape index (κ3) is 2.95. The number of rotatable bonds is 4. The lowest BCUT2D eigenvalue weighted by molar-refractivity contribution is 0.0696. The lowest BCUT2D eigenvalue weighted by atomic mass is 10.1. The van der Waals surface area contributed by atoms with Crippen LogP contribution in [0.3, 0.4) is 0 Å². The highest BCUT2D eigenvalue weighted by molar-refractivity contribution is 7.71. The van der Waals surface area contributed by atoms with E-state index in [0.29, 0.717) is 17.1 Å². The van der Waals surface area contributed by atoms with Crippen LogP contribution in [0.25, 0.3) is 11.0 Å². The first-order valence-electron chi connectivity index (χ1n) is 6.29. The summed E-state index contributed by atoms with van der Waals surface area (Å²) >= 11 is 5.03. The number of ether oxygens (including phenoxy) is 1. The van der Waals surface area contributed by atoms with Gasteiger partial charge in [0, 0.05) is 6.07 Å². The molecule has 0 atom stereocenters. The Bertz CT molecular complexity index is 866. The number of aromatic carboxylic acids is 1. The van der Waals surface area contributed by atoms with E-state index in [1.165, 1.54) is 0 Å². The number of carboxylic acid groups (broad SMARTS) is 1. The molecule has 0 fully saturated rings. The van der Waals surface area contributed by atoms with Crippen LogP contribution < -0.4 is 4.74 Å². The molecule has 2 aromatic carbocycles. The first-order chi connectivity index (χ1) is 10.1. The minimum Gasteiger partial charge on any atom is -0.489 e. The SMILES string of the molecule is O=C(O)c1cccc(COc2ccc3[nH]c(=S)[nH]c3c2)c1. The van der Waals surface area contributed by atoms with E-state index in [1.807, 2.05) is 24.3 Å². The summed E-state index contributed by atoms with van der Waals surface area (Å²) in [7, 11) is 0. The monoisotopic (exact) mass is 300 g/mol. The molecule has 0 bridgehead atoms. The summed E-state index contributed by atoms with van der Waals surface area (Å²) in [6.45, 7) is 0.303. The molecule has 5 nitrogen and oxygen atoms in total. The minimum absolute atomic E-state index is 0.251. The molecule has 0 spiro atoms. The Kier molecular flexibility index (Phi) is 3.45. The van der Waals surface area contributed by atoms with Crippen molar-refractivity contribution in [2.75, 3.05) is 0 Å². The number of hydrogen-bond acceptors (Lipinski definition) is 3. The van der Waals surface area contributed by atoms with Crippen LogP contribution in [0.4, 0.5) is 0 Å². The average Bonchev–Trinajstić information content (AvgIpc) is 2.84. The second-order valence-electron chi connectivity index (χ2n) is 4.58. The molecule has 3 rings (SSSR count). The van der Waals surface area contributed by atoms with E-state index in [2.05, 4.69) is 9.97 Å². The van der Waals surface area contributed by atoms with Crippen molar-refractivity contribution in [2.45, 2.75) is 6.61 Å². The average molecular weight is 300 g/mol. The zero-order valence-electron chi connectivity index (χ0n) is 10.9. The summed E-state index contributed by atoms with van der Waals surface area (Å²) in [6.07, 6.45) is 0. The highest BCUT2D eigenvalue weighted by Gasteiger charge is 2.04. The van der Waals surface area contributed by atoms with Gasteiger partial charge >= 0.3 is 5.97 Å². The molecule has 21 heavy (non-hydrogen) atoms. The normalized spacial score (nSPS) is 10.7. The maximum atomic E-state index is 10.9. The molecule has 6 heteroatoms. The Morgan fingerprint density at radius 2 is 1.95 bits per heavy atom. The summed E-state index contributed by atoms with van der Waals surface area (Å²) in [6, 6.07) is 12.3. The van der Waals surface area contributed by atoms with Crippen LogP contribution >= 0.6 is 12.2 Å². The van der Waals surface area contributed by atoms with Gasteiger partial charge in [0.2, 0.25) is 0 Å². The Morgan fingerprint density at radius 1 is 1.14 bits per heavy atom. The third-order valence-corrected chi connectivity index (χ3v) is 3.27. The molecule has 3 aromatic rings. The summed E-state index contributed by atoms with van der Waals surface area (Å²) < 4.78 is 6.25. The molecule has 0 amide bonds. The first-order valence-corrected chi connectivity index (χ1v) is 6.70. The molecule has 0 unspecified atom stereocenters. The number of nitrogens with one attached hydrogen (secondary N) is 2. The summed E-state index contributed by atoms with van der Waals surface area (Å²) in [5.74, 6) is -0.258. The van der Waals surface area contributed by atoms with E-state index in [0.717, 1.165) is 16.6 Å². The van der Waals surface area contributed by atoms with Crippen molar-refractivity contribution in [3.05, 3.63) is 58.4 Å². The zero-order valence-corrected chi connectivity index (χ0v) is 11.7. The highest BCUT2D eigenvalue weighted by atomic mass is 32.1. The zero-order chi connectivity index (χ0) is 14.8. The number of hydrogen-bond donors (Lipinski definition) is 3. The van der Waals surface area contributed by atoms with Crippen LogP contribution in [0.2, 0.25) is 0 Å². The molecule has 1 aromatic heterocycles. The van der Waals surface area contributed by atoms with Crippen molar-refractivity contribution < 1.29 is 14.6 Å². The van der Waals surface area contributed by atoms with Crippen molar-refractivity contribution in [1.29, 1.82) is 0 Å². The number of imidazole rings is 1. The lowest BCUT2D eigenvalue weighted by Crippen LogP contribution is -2.00. The molecule has 0 aliphatic rings. The quantitative estimate of drug-likeness (QED) is 0.644. The predicted molar refractivity (Wildman–Crippen MR) is 81.2 cm³/mol. The van der Waals surface area contributed by atoms with Crippen molar-refractivity contribution >= 4 is 29.2 Å². The number of aromatic amines is 2. The fourth-order valence-electron chi connectivity index (χ4n) is 2.06. The second kappa shape index (κ2) is 5.41. The van der Waals surface area contributed by atoms with Crippen molar-refractivity contribution in [2.24, 2.45) is 0 Å². The molecule has 106 valence electrons. The molecule has 0 aliphatic carbocycles. The van der Waals surface area contributed by atoms with Crippen LogP contribution in [0, 0.1) is 4.77 Å². The number of carboxylic acids is 1. The van der Waals surface area contributed by atoms with E-state index < -0.39 is 5.97 Å². The maximum Gasteiger partial charge on any atom is 0.335 e. The largest absolute Gasteiger partial charge is 0.489 e. The summed E-state index contributed by atoms with van der Waals surface area (Å²) in [5, 5.41) is 8.96. The second-order valence-corrected chi connectivity index (χ2v) is 4.99. The Hall–Kier alpha value is -2.60. The molecular formula is C15H12N2O3S. The Morgan fingerprint density at radius 3 is 2.76 bits per heavy atom. The van der Waals surface area contributed by atoms with Gasteiger partial charge in [0.05, 0.1) is 16.6 Å². The number of benzene rings is 2. The van der Waals surface area contributed by atoms with E-state index in [1.54, 1.807) is 18.2 Å². The molecule has 1 heterocycles. The summed E-state index contributed by atoms with van der Waals surface area (Å²) in [5.41, 5.74) is 2.84. The smallest absolute Gasteiger partial charge is 0.335 e. The van der Waals surface area contributed by atoms with Gasteiger partial charge in [-0.1, -0.05) is 12.1 Å². The number of fused-ring (bicyclic) bond motifs is 1. The number of H-pyrrole nitrogens is 2. The van der Waals surface area contributed by atoms with Crippen LogP contribution in [-0.2, 0) is 6.61 Å². The van der Waals surface area contributed by atoms with Gasteiger partial charge in [-0.25, -0.2) is 4.79 Å². The third-order valence-electron chi connectivity index (χ3n) is 3.07. The predicted octanol–water partition coefficient (Wildman–Crippen LogP) is 3.50. The van der Waals surface area contributed by atoms with Crippen LogP contribution in [0.5, 0.6) is 5.75 Å². The van der Waals surface area contributed by atoms with E-state index in [9.17, 15) is 4.79 Å². The van der Waals surface area contributed by atoms with E-state index in [4.69, 9.17) is 22.1 Å². The van der Waals surface area contributed by atoms with Gasteiger partial charge in [-0.15, -0.1) is 0 Å². The number of aromatic nitrogens is 2. The Labute approximate surface area is 125 Å². The molecule has 0 saturated heterocycles. The van der Waals surface area contributed by atoms with Gasteiger partial charge in [0.1, 0.15) is 12.4 Å². The molecule has 0 saturated carbocycles. The number of carbonyl (C=O) groups is 1. The molecule has 3 N–H and O–H groups in total. The fraction of sp³-hybridized carbons (Fsp3) is 0.0667. The molecule has 0 radical (unpaired) electrons. The van der Waals surface area contributed by atoms with Gasteiger partial charge < -0.3 is 19.8 Å². The van der Waals surface area contributed by atoms with Crippen molar-refractivity contribution in [1.82, 2.24) is 9.97 Å². The van der Waals surface area contributed by atoms with Gasteiger partial charge in [-0.3, -0.25) is 0 Å². The van der Waals surface area contributed by atoms with Gasteiger partial charge in [-0.2, -0.15) is 0 Å². The van der Waals surface area contributed by atoms with Crippen LogP contribution in [-0.4, -0.2) is 21.0 Å². The van der Waals surface area contributed by atoms with Crippen LogP contribution in [0.15, 0.2) is 42.5 Å². The van der Waals surface area contributed by atoms with E-state index in [-0.39, 0.29) is 5.56 Å². The minimum atomic E-state index is -0.946.